The third kappa shape index (κ3) is 4.88. The van der Waals surface area contributed by atoms with Crippen LogP contribution < -0.4 is 14.2 Å². The van der Waals surface area contributed by atoms with Gasteiger partial charge in [-0.25, -0.2) is 4.98 Å². The van der Waals surface area contributed by atoms with Crippen LogP contribution in [0.4, 0.5) is 0 Å². The first-order chi connectivity index (χ1) is 15.5. The Morgan fingerprint density at radius 2 is 1.50 bits per heavy atom. The number of hydrogen-bond acceptors (Lipinski definition) is 4. The maximum Gasteiger partial charge on any atom is 0.161 e. The summed E-state index contributed by atoms with van der Waals surface area (Å²) in [6.45, 7) is 8.15. The quantitative estimate of drug-likeness (QED) is 0.344. The molecule has 0 bridgehead atoms. The average molecular weight is 431 g/mol. The molecule has 0 unspecified atom stereocenters. The van der Waals surface area contributed by atoms with Crippen molar-refractivity contribution in [3.63, 3.8) is 0 Å². The molecule has 5 heteroatoms. The van der Waals surface area contributed by atoms with Crippen LogP contribution in [-0.2, 0) is 18.6 Å². The zero-order valence-electron chi connectivity index (χ0n) is 19.2. The summed E-state index contributed by atoms with van der Waals surface area (Å²) in [7, 11) is 1.65. The highest BCUT2D eigenvalue weighted by molar-refractivity contribution is 5.75. The van der Waals surface area contributed by atoms with E-state index in [0.29, 0.717) is 19.8 Å². The first kappa shape index (κ1) is 21.8. The highest BCUT2D eigenvalue weighted by atomic mass is 16.5. The Morgan fingerprint density at radius 1 is 0.812 bits per heavy atom. The molecule has 32 heavy (non-hydrogen) atoms. The van der Waals surface area contributed by atoms with Crippen molar-refractivity contribution >= 4 is 11.0 Å². The zero-order chi connectivity index (χ0) is 22.6. The van der Waals surface area contributed by atoms with Gasteiger partial charge in [-0.3, -0.25) is 0 Å². The zero-order valence-corrected chi connectivity index (χ0v) is 19.2. The topological polar surface area (TPSA) is 45.5 Å². The monoisotopic (exact) mass is 430 g/mol. The van der Waals surface area contributed by atoms with Gasteiger partial charge in [0.2, 0.25) is 0 Å². The summed E-state index contributed by atoms with van der Waals surface area (Å²) < 4.78 is 19.6. The van der Waals surface area contributed by atoms with Crippen molar-refractivity contribution in [3.05, 3.63) is 84.2 Å². The lowest BCUT2D eigenvalue weighted by atomic mass is 9.87. The highest BCUT2D eigenvalue weighted by Crippen LogP contribution is 2.27. The smallest absolute Gasteiger partial charge is 0.161 e. The van der Waals surface area contributed by atoms with E-state index in [4.69, 9.17) is 19.2 Å². The van der Waals surface area contributed by atoms with E-state index < -0.39 is 0 Å². The van der Waals surface area contributed by atoms with Crippen LogP contribution in [0.25, 0.3) is 11.0 Å². The number of fused-ring (bicyclic) bond motifs is 1. The maximum atomic E-state index is 6.09. The molecule has 0 atom stereocenters. The van der Waals surface area contributed by atoms with Gasteiger partial charge in [0, 0.05) is 0 Å². The number of imidazole rings is 1. The Bertz CT molecular complexity index is 1170. The maximum absolute atomic E-state index is 6.09. The Kier molecular flexibility index (Phi) is 6.35. The van der Waals surface area contributed by atoms with Crippen LogP contribution in [0.15, 0.2) is 72.8 Å². The molecule has 0 radical (unpaired) electrons. The van der Waals surface area contributed by atoms with Gasteiger partial charge in [0.25, 0.3) is 0 Å². The summed E-state index contributed by atoms with van der Waals surface area (Å²) in [4.78, 5) is 4.80. The van der Waals surface area contributed by atoms with Gasteiger partial charge in [-0.05, 0) is 47.4 Å². The molecule has 0 spiro atoms. The Labute approximate surface area is 189 Å². The van der Waals surface area contributed by atoms with Crippen molar-refractivity contribution < 1.29 is 14.2 Å². The number of benzene rings is 3. The first-order valence-electron chi connectivity index (χ1n) is 10.9. The Hall–Kier alpha value is -3.47. The van der Waals surface area contributed by atoms with E-state index in [1.165, 1.54) is 5.56 Å². The molecule has 0 amide bonds. The second kappa shape index (κ2) is 9.35. The first-order valence-corrected chi connectivity index (χ1v) is 10.9. The van der Waals surface area contributed by atoms with Crippen LogP contribution in [0, 0.1) is 0 Å². The lowest BCUT2D eigenvalue weighted by molar-refractivity contribution is 0.264. The van der Waals surface area contributed by atoms with Crippen molar-refractivity contribution in [3.8, 4) is 17.2 Å². The molecule has 1 aromatic heterocycles. The van der Waals surface area contributed by atoms with E-state index in [1.807, 2.05) is 54.6 Å². The number of rotatable bonds is 8. The molecule has 0 aliphatic heterocycles. The van der Waals surface area contributed by atoms with Crippen LogP contribution >= 0.6 is 0 Å². The standard InChI is InChI=1S/C27H30N2O3/c1-27(2,3)20-13-15-21(16-14-20)32-19-26-28-22-9-5-6-10-23(22)29(26)17-18-31-25-12-8-7-11-24(25)30-4/h5-16H,17-19H2,1-4H3. The van der Waals surface area contributed by atoms with E-state index in [1.54, 1.807) is 7.11 Å². The summed E-state index contributed by atoms with van der Waals surface area (Å²) in [6, 6.07) is 24.1. The lowest BCUT2D eigenvalue weighted by Gasteiger charge is -2.19. The van der Waals surface area contributed by atoms with Gasteiger partial charge >= 0.3 is 0 Å². The molecule has 4 aromatic rings. The lowest BCUT2D eigenvalue weighted by Crippen LogP contribution is -2.13. The summed E-state index contributed by atoms with van der Waals surface area (Å²) in [6.07, 6.45) is 0. The largest absolute Gasteiger partial charge is 0.493 e. The molecular formula is C27H30N2O3. The van der Waals surface area contributed by atoms with E-state index in [2.05, 4.69) is 43.5 Å². The molecule has 1 heterocycles. The molecule has 166 valence electrons. The second-order valence-electron chi connectivity index (χ2n) is 8.73. The minimum Gasteiger partial charge on any atom is -0.493 e. The normalized spacial score (nSPS) is 11.5. The minimum atomic E-state index is 0.119. The van der Waals surface area contributed by atoms with Gasteiger partial charge < -0.3 is 18.8 Å². The summed E-state index contributed by atoms with van der Waals surface area (Å²) >= 11 is 0. The van der Waals surface area contributed by atoms with Crippen LogP contribution in [0.1, 0.15) is 32.2 Å². The summed E-state index contributed by atoms with van der Waals surface area (Å²) in [5.41, 5.74) is 3.42. The number of para-hydroxylation sites is 4. The van der Waals surface area contributed by atoms with Crippen LogP contribution in [0.3, 0.4) is 0 Å². The van der Waals surface area contributed by atoms with E-state index >= 15 is 0 Å². The van der Waals surface area contributed by atoms with Crippen molar-refractivity contribution in [1.29, 1.82) is 0 Å². The molecule has 0 aliphatic carbocycles. The van der Waals surface area contributed by atoms with E-state index in [-0.39, 0.29) is 5.41 Å². The Morgan fingerprint density at radius 3 is 2.22 bits per heavy atom. The second-order valence-corrected chi connectivity index (χ2v) is 8.73. The van der Waals surface area contributed by atoms with Gasteiger partial charge in [0.1, 0.15) is 24.8 Å². The van der Waals surface area contributed by atoms with E-state index in [0.717, 1.165) is 34.1 Å². The van der Waals surface area contributed by atoms with Gasteiger partial charge in [0.15, 0.2) is 11.5 Å². The molecular weight excluding hydrogens is 400 g/mol. The molecule has 0 fully saturated rings. The predicted molar refractivity (Wildman–Crippen MR) is 128 cm³/mol. The predicted octanol–water partition coefficient (Wildman–Crippen LogP) is 6.00. The van der Waals surface area contributed by atoms with Gasteiger partial charge in [-0.1, -0.05) is 57.2 Å². The van der Waals surface area contributed by atoms with Crippen LogP contribution in [0.5, 0.6) is 17.2 Å². The van der Waals surface area contributed by atoms with Crippen molar-refractivity contribution in [1.82, 2.24) is 9.55 Å². The summed E-state index contributed by atoms with van der Waals surface area (Å²) in [5, 5.41) is 0. The number of methoxy groups -OCH3 is 1. The number of ether oxygens (including phenoxy) is 3. The number of aromatic nitrogens is 2. The van der Waals surface area contributed by atoms with Crippen molar-refractivity contribution in [2.45, 2.75) is 39.3 Å². The molecule has 0 saturated heterocycles. The van der Waals surface area contributed by atoms with Gasteiger partial charge in [-0.15, -0.1) is 0 Å². The van der Waals surface area contributed by atoms with E-state index in [9.17, 15) is 0 Å². The Balaban J connectivity index is 1.49. The number of hydrogen-bond donors (Lipinski definition) is 0. The fourth-order valence-corrected chi connectivity index (χ4v) is 3.67. The molecule has 4 rings (SSSR count). The molecule has 0 N–H and O–H groups in total. The number of nitrogens with zero attached hydrogens (tertiary/aromatic N) is 2. The molecule has 3 aromatic carbocycles. The SMILES string of the molecule is COc1ccccc1OCCn1c(COc2ccc(C(C)(C)C)cc2)nc2ccccc21. The molecule has 0 aliphatic rings. The molecule has 5 nitrogen and oxygen atoms in total. The average Bonchev–Trinajstić information content (AvgIpc) is 3.15. The van der Waals surface area contributed by atoms with Crippen LogP contribution in [-0.4, -0.2) is 23.3 Å². The third-order valence-corrected chi connectivity index (χ3v) is 5.46. The van der Waals surface area contributed by atoms with Gasteiger partial charge in [-0.2, -0.15) is 0 Å². The minimum absolute atomic E-state index is 0.119. The van der Waals surface area contributed by atoms with Crippen molar-refractivity contribution in [2.75, 3.05) is 13.7 Å². The molecule has 0 saturated carbocycles. The van der Waals surface area contributed by atoms with Crippen LogP contribution in [0.2, 0.25) is 0 Å². The van der Waals surface area contributed by atoms with Gasteiger partial charge in [0.05, 0.1) is 24.7 Å². The highest BCUT2D eigenvalue weighted by Gasteiger charge is 2.14. The third-order valence-electron chi connectivity index (χ3n) is 5.46. The van der Waals surface area contributed by atoms with Crippen molar-refractivity contribution in [2.24, 2.45) is 0 Å². The summed E-state index contributed by atoms with van der Waals surface area (Å²) in [5.74, 6) is 3.16. The fourth-order valence-electron chi connectivity index (χ4n) is 3.67. The fraction of sp³-hybridized carbons (Fsp3) is 0.296.